The number of benzene rings is 2. The average Bonchev–Trinajstić information content (AvgIpc) is 3.46. The minimum Gasteiger partial charge on any atom is -0.454 e. The molecule has 1 atom stereocenters. The van der Waals surface area contributed by atoms with Gasteiger partial charge < -0.3 is 14.8 Å². The zero-order valence-corrected chi connectivity index (χ0v) is 18.8. The second-order valence-corrected chi connectivity index (χ2v) is 10.3. The fourth-order valence-electron chi connectivity index (χ4n) is 4.37. The summed E-state index contributed by atoms with van der Waals surface area (Å²) in [7, 11) is -3.40. The smallest absolute Gasteiger partial charge is 0.325 e. The maximum Gasteiger partial charge on any atom is 0.325 e. The molecule has 3 aliphatic rings. The van der Waals surface area contributed by atoms with Gasteiger partial charge >= 0.3 is 6.03 Å². The number of ether oxygens (including phenoxy) is 2. The summed E-state index contributed by atoms with van der Waals surface area (Å²) in [6.07, 6.45) is 1.62. The van der Waals surface area contributed by atoms with Crippen molar-refractivity contribution in [2.45, 2.75) is 18.9 Å². The SMILES string of the molecule is CC1(c2ccc3c(c2)OCO3)NC(=O)N(CC(=O)c2ccc3c(c2)CCN3S(C)(=O)=O)C1=O. The summed E-state index contributed by atoms with van der Waals surface area (Å²) >= 11 is 0. The summed E-state index contributed by atoms with van der Waals surface area (Å²) < 4.78 is 35.8. The summed E-state index contributed by atoms with van der Waals surface area (Å²) in [5.41, 5.74) is 0.736. The van der Waals surface area contributed by atoms with Gasteiger partial charge in [0.1, 0.15) is 5.54 Å². The van der Waals surface area contributed by atoms with Crippen LogP contribution in [0.1, 0.15) is 28.4 Å². The molecular formula is C22H21N3O7S. The van der Waals surface area contributed by atoms with Crippen LogP contribution in [0.2, 0.25) is 0 Å². The monoisotopic (exact) mass is 471 g/mol. The Hall–Kier alpha value is -3.60. The van der Waals surface area contributed by atoms with Crippen LogP contribution in [0, 0.1) is 0 Å². The Morgan fingerprint density at radius 3 is 2.64 bits per heavy atom. The molecular weight excluding hydrogens is 450 g/mol. The zero-order valence-electron chi connectivity index (χ0n) is 18.0. The van der Waals surface area contributed by atoms with Crippen molar-refractivity contribution in [2.24, 2.45) is 0 Å². The maximum atomic E-state index is 13.2. The van der Waals surface area contributed by atoms with E-state index in [1.807, 2.05) is 0 Å². The predicted octanol–water partition coefficient (Wildman–Crippen LogP) is 1.39. The topological polar surface area (TPSA) is 122 Å². The third kappa shape index (κ3) is 3.39. The minimum absolute atomic E-state index is 0.0825. The summed E-state index contributed by atoms with van der Waals surface area (Å²) in [6, 6.07) is 9.03. The first-order valence-electron chi connectivity index (χ1n) is 10.3. The Kier molecular flexibility index (Phi) is 4.64. The van der Waals surface area contributed by atoms with Crippen LogP contribution in [0.25, 0.3) is 0 Å². The number of amides is 3. The van der Waals surface area contributed by atoms with Crippen molar-refractivity contribution < 1.29 is 32.3 Å². The highest BCUT2D eigenvalue weighted by molar-refractivity contribution is 7.92. The van der Waals surface area contributed by atoms with Crippen LogP contribution in [-0.2, 0) is 26.8 Å². The lowest BCUT2D eigenvalue weighted by Gasteiger charge is -2.22. The van der Waals surface area contributed by atoms with Crippen LogP contribution in [0.15, 0.2) is 36.4 Å². The number of anilines is 1. The van der Waals surface area contributed by atoms with Crippen molar-refractivity contribution in [1.29, 1.82) is 0 Å². The standard InChI is InChI=1S/C22H21N3O7S/c1-22(15-4-6-18-19(10-15)32-12-31-18)20(27)24(21(28)23-22)11-17(26)14-3-5-16-13(9-14)7-8-25(16)33(2,29)30/h3-6,9-10H,7-8,11-12H2,1-2H3,(H,23,28). The van der Waals surface area contributed by atoms with E-state index in [0.29, 0.717) is 41.3 Å². The number of rotatable bonds is 5. The van der Waals surface area contributed by atoms with Crippen molar-refractivity contribution in [3.05, 3.63) is 53.1 Å². The summed E-state index contributed by atoms with van der Waals surface area (Å²) in [4.78, 5) is 39.6. The van der Waals surface area contributed by atoms with E-state index in [0.717, 1.165) is 16.7 Å². The number of imide groups is 1. The molecule has 0 radical (unpaired) electrons. The molecule has 3 amide bonds. The van der Waals surface area contributed by atoms with Crippen LogP contribution in [0.3, 0.4) is 0 Å². The van der Waals surface area contributed by atoms with Crippen LogP contribution in [-0.4, -0.2) is 57.2 Å². The molecule has 5 rings (SSSR count). The van der Waals surface area contributed by atoms with Crippen LogP contribution in [0.4, 0.5) is 10.5 Å². The molecule has 10 nitrogen and oxygen atoms in total. The molecule has 1 fully saturated rings. The van der Waals surface area contributed by atoms with Gasteiger partial charge in [-0.05, 0) is 54.8 Å². The van der Waals surface area contributed by atoms with E-state index in [1.54, 1.807) is 37.3 Å². The summed E-state index contributed by atoms with van der Waals surface area (Å²) in [6.45, 7) is 1.54. The number of carbonyl (C=O) groups excluding carboxylic acids is 3. The van der Waals surface area contributed by atoms with Gasteiger partial charge in [-0.3, -0.25) is 18.8 Å². The molecule has 1 unspecified atom stereocenters. The largest absolute Gasteiger partial charge is 0.454 e. The molecule has 1 N–H and O–H groups in total. The summed E-state index contributed by atoms with van der Waals surface area (Å²) in [5.74, 6) is 0.0574. The van der Waals surface area contributed by atoms with Gasteiger partial charge in [0.25, 0.3) is 5.91 Å². The molecule has 172 valence electrons. The molecule has 1 saturated heterocycles. The lowest BCUT2D eigenvalue weighted by Crippen LogP contribution is -2.41. The Balaban J connectivity index is 1.36. The Morgan fingerprint density at radius 2 is 1.88 bits per heavy atom. The van der Waals surface area contributed by atoms with Crippen molar-refractivity contribution in [2.75, 3.05) is 30.4 Å². The van der Waals surface area contributed by atoms with E-state index >= 15 is 0 Å². The number of urea groups is 1. The second kappa shape index (κ2) is 7.20. The van der Waals surface area contributed by atoms with Crippen molar-refractivity contribution in [1.82, 2.24) is 10.2 Å². The normalized spacial score (nSPS) is 21.4. The molecule has 0 saturated carbocycles. The highest BCUT2D eigenvalue weighted by Crippen LogP contribution is 2.38. The number of Topliss-reactive ketones (excluding diaryl/α,β-unsaturated/α-hetero) is 1. The van der Waals surface area contributed by atoms with Gasteiger partial charge in [-0.1, -0.05) is 6.07 Å². The van der Waals surface area contributed by atoms with Crippen LogP contribution >= 0.6 is 0 Å². The summed E-state index contributed by atoms with van der Waals surface area (Å²) in [5, 5.41) is 2.67. The van der Waals surface area contributed by atoms with E-state index in [9.17, 15) is 22.8 Å². The predicted molar refractivity (Wildman–Crippen MR) is 117 cm³/mol. The Bertz CT molecular complexity index is 1320. The number of fused-ring (bicyclic) bond motifs is 2. The number of carbonyl (C=O) groups is 3. The highest BCUT2D eigenvalue weighted by Gasteiger charge is 2.50. The zero-order chi connectivity index (χ0) is 23.5. The van der Waals surface area contributed by atoms with Gasteiger partial charge in [0.2, 0.25) is 16.8 Å². The third-order valence-corrected chi connectivity index (χ3v) is 7.36. The average molecular weight is 471 g/mol. The van der Waals surface area contributed by atoms with E-state index in [1.165, 1.54) is 10.4 Å². The maximum absolute atomic E-state index is 13.2. The number of hydrogen-bond donors (Lipinski definition) is 1. The fraction of sp³-hybridized carbons (Fsp3) is 0.318. The lowest BCUT2D eigenvalue weighted by molar-refractivity contribution is -0.130. The first kappa shape index (κ1) is 21.3. The van der Waals surface area contributed by atoms with Gasteiger partial charge in [0, 0.05) is 12.1 Å². The molecule has 33 heavy (non-hydrogen) atoms. The molecule has 0 bridgehead atoms. The van der Waals surface area contributed by atoms with Gasteiger partial charge in [-0.25, -0.2) is 13.2 Å². The molecule has 11 heteroatoms. The minimum atomic E-state index is -3.40. The van der Waals surface area contributed by atoms with Gasteiger partial charge in [-0.2, -0.15) is 0 Å². The highest BCUT2D eigenvalue weighted by atomic mass is 32.2. The molecule has 0 aromatic heterocycles. The number of nitrogens with one attached hydrogen (secondary N) is 1. The van der Waals surface area contributed by atoms with Crippen LogP contribution < -0.4 is 19.1 Å². The molecule has 0 aliphatic carbocycles. The van der Waals surface area contributed by atoms with Crippen LogP contribution in [0.5, 0.6) is 11.5 Å². The van der Waals surface area contributed by atoms with Gasteiger partial charge in [0.05, 0.1) is 18.5 Å². The number of ketones is 1. The first-order chi connectivity index (χ1) is 15.6. The first-order valence-corrected chi connectivity index (χ1v) is 12.1. The number of nitrogens with zero attached hydrogens (tertiary/aromatic N) is 2. The number of sulfonamides is 1. The quantitative estimate of drug-likeness (QED) is 0.516. The van der Waals surface area contributed by atoms with Crippen molar-refractivity contribution >= 4 is 33.4 Å². The molecule has 2 aromatic carbocycles. The second-order valence-electron chi connectivity index (χ2n) is 8.37. The molecule has 2 aromatic rings. The van der Waals surface area contributed by atoms with Crippen molar-refractivity contribution in [3.63, 3.8) is 0 Å². The number of hydrogen-bond acceptors (Lipinski definition) is 7. The van der Waals surface area contributed by atoms with E-state index < -0.39 is 39.8 Å². The fourth-order valence-corrected chi connectivity index (χ4v) is 5.33. The third-order valence-electron chi connectivity index (χ3n) is 6.18. The van der Waals surface area contributed by atoms with Gasteiger partial charge in [0.15, 0.2) is 17.3 Å². The molecule has 0 spiro atoms. The van der Waals surface area contributed by atoms with E-state index in [4.69, 9.17) is 9.47 Å². The lowest BCUT2D eigenvalue weighted by atomic mass is 9.91. The molecule has 3 heterocycles. The van der Waals surface area contributed by atoms with E-state index in [2.05, 4.69) is 5.32 Å². The van der Waals surface area contributed by atoms with Crippen molar-refractivity contribution in [3.8, 4) is 11.5 Å². The Labute approximate surface area is 190 Å². The van der Waals surface area contributed by atoms with Gasteiger partial charge in [-0.15, -0.1) is 0 Å². The van der Waals surface area contributed by atoms with E-state index in [-0.39, 0.29) is 6.79 Å². The Morgan fingerprint density at radius 1 is 1.12 bits per heavy atom. The molecule has 3 aliphatic heterocycles.